The maximum absolute atomic E-state index is 12.1. The average Bonchev–Trinajstić information content (AvgIpc) is 2.91. The van der Waals surface area contributed by atoms with E-state index in [4.69, 9.17) is 4.52 Å². The van der Waals surface area contributed by atoms with Crippen LogP contribution in [0.2, 0.25) is 0 Å². The molecular weight excluding hydrogens is 278 g/mol. The van der Waals surface area contributed by atoms with E-state index in [1.165, 1.54) is 0 Å². The lowest BCUT2D eigenvalue weighted by Crippen LogP contribution is -2.45. The lowest BCUT2D eigenvalue weighted by Gasteiger charge is -2.23. The second-order valence-electron chi connectivity index (χ2n) is 5.15. The molecule has 20 heavy (non-hydrogen) atoms. The molecule has 1 unspecified atom stereocenters. The van der Waals surface area contributed by atoms with Gasteiger partial charge in [-0.3, -0.25) is 4.79 Å². The summed E-state index contributed by atoms with van der Waals surface area (Å²) in [6.07, 6.45) is 4.14. The summed E-state index contributed by atoms with van der Waals surface area (Å²) < 4.78 is 5.17. The summed E-state index contributed by atoms with van der Waals surface area (Å²) in [5, 5.41) is 10.3. The topological polar surface area (TPSA) is 67.2 Å². The van der Waals surface area contributed by atoms with Crippen molar-refractivity contribution in [2.75, 3.05) is 13.1 Å². The zero-order valence-corrected chi connectivity index (χ0v) is 13.0. The first kappa shape index (κ1) is 17.0. The van der Waals surface area contributed by atoms with Crippen LogP contribution in [-0.2, 0) is 0 Å². The molecule has 1 aliphatic rings. The quantitative estimate of drug-likeness (QED) is 0.877. The van der Waals surface area contributed by atoms with Crippen molar-refractivity contribution in [2.45, 2.75) is 51.5 Å². The monoisotopic (exact) mass is 301 g/mol. The Kier molecular flexibility index (Phi) is 7.02. The molecule has 1 aromatic rings. The van der Waals surface area contributed by atoms with Crippen molar-refractivity contribution in [3.8, 4) is 0 Å². The Labute approximate surface area is 126 Å². The number of carbonyl (C=O) groups is 1. The summed E-state index contributed by atoms with van der Waals surface area (Å²) in [5.74, 6) is 0.549. The predicted molar refractivity (Wildman–Crippen MR) is 80.4 cm³/mol. The van der Waals surface area contributed by atoms with Crippen LogP contribution in [0.5, 0.6) is 0 Å². The molecule has 1 aromatic heterocycles. The van der Waals surface area contributed by atoms with Gasteiger partial charge in [0.1, 0.15) is 0 Å². The molecule has 2 heterocycles. The van der Waals surface area contributed by atoms with Gasteiger partial charge in [0.05, 0.1) is 5.69 Å². The number of carbonyl (C=O) groups excluding carboxylic acids is 1. The fraction of sp³-hybridized carbons (Fsp3) is 0.714. The number of aromatic nitrogens is 1. The molecule has 1 amide bonds. The minimum Gasteiger partial charge on any atom is -0.351 e. The number of nitrogens with zero attached hydrogens (tertiary/aromatic N) is 1. The zero-order chi connectivity index (χ0) is 13.7. The second kappa shape index (κ2) is 8.27. The summed E-state index contributed by atoms with van der Waals surface area (Å²) in [4.78, 5) is 12.1. The van der Waals surface area contributed by atoms with Gasteiger partial charge in [0.25, 0.3) is 5.91 Å². The van der Waals surface area contributed by atoms with Crippen LogP contribution in [0.3, 0.4) is 0 Å². The smallest absolute Gasteiger partial charge is 0.290 e. The number of nitrogens with one attached hydrogen (secondary N) is 2. The van der Waals surface area contributed by atoms with Gasteiger partial charge in [0.2, 0.25) is 5.76 Å². The third kappa shape index (κ3) is 4.21. The second-order valence-corrected chi connectivity index (χ2v) is 5.15. The Hall–Kier alpha value is -1.07. The average molecular weight is 302 g/mol. The van der Waals surface area contributed by atoms with E-state index in [2.05, 4.69) is 29.6 Å². The Morgan fingerprint density at radius 3 is 2.90 bits per heavy atom. The van der Waals surface area contributed by atoms with Crippen LogP contribution in [0, 0.1) is 0 Å². The van der Waals surface area contributed by atoms with Crippen LogP contribution in [0.25, 0.3) is 0 Å². The third-order valence-corrected chi connectivity index (χ3v) is 3.79. The molecule has 0 aromatic carbocycles. The largest absolute Gasteiger partial charge is 0.351 e. The summed E-state index contributed by atoms with van der Waals surface area (Å²) >= 11 is 0. The van der Waals surface area contributed by atoms with Gasteiger partial charge in [-0.15, -0.1) is 12.4 Å². The van der Waals surface area contributed by atoms with Gasteiger partial charge in [0, 0.05) is 24.6 Å². The Balaban J connectivity index is 0.00000200. The summed E-state index contributed by atoms with van der Waals surface area (Å²) in [7, 11) is 0. The highest BCUT2D eigenvalue weighted by Crippen LogP contribution is 2.22. The van der Waals surface area contributed by atoms with Crippen molar-refractivity contribution in [1.29, 1.82) is 0 Å². The van der Waals surface area contributed by atoms with Gasteiger partial charge >= 0.3 is 0 Å². The van der Waals surface area contributed by atoms with E-state index < -0.39 is 0 Å². The molecule has 114 valence electrons. The van der Waals surface area contributed by atoms with Crippen LogP contribution >= 0.6 is 12.4 Å². The molecule has 1 saturated heterocycles. The molecule has 5 nitrogen and oxygen atoms in total. The van der Waals surface area contributed by atoms with E-state index in [1.54, 1.807) is 6.07 Å². The van der Waals surface area contributed by atoms with Gasteiger partial charge in [-0.2, -0.15) is 0 Å². The van der Waals surface area contributed by atoms with E-state index in [0.29, 0.717) is 11.7 Å². The fourth-order valence-corrected chi connectivity index (χ4v) is 2.53. The maximum atomic E-state index is 12.1. The van der Waals surface area contributed by atoms with Crippen molar-refractivity contribution >= 4 is 18.3 Å². The number of amides is 1. The highest BCUT2D eigenvalue weighted by atomic mass is 35.5. The number of piperidine rings is 1. The van der Waals surface area contributed by atoms with Crippen molar-refractivity contribution in [2.24, 2.45) is 0 Å². The van der Waals surface area contributed by atoms with Gasteiger partial charge in [-0.05, 0) is 32.2 Å². The summed E-state index contributed by atoms with van der Waals surface area (Å²) in [6.45, 7) is 6.11. The van der Waals surface area contributed by atoms with E-state index in [9.17, 15) is 4.79 Å². The maximum Gasteiger partial charge on any atom is 0.290 e. The Morgan fingerprint density at radius 2 is 2.30 bits per heavy atom. The van der Waals surface area contributed by atoms with Gasteiger partial charge in [0.15, 0.2) is 0 Å². The number of hydrogen-bond donors (Lipinski definition) is 2. The van der Waals surface area contributed by atoms with E-state index in [1.807, 2.05) is 0 Å². The molecule has 1 aliphatic heterocycles. The molecule has 0 spiro atoms. The predicted octanol–water partition coefficient (Wildman–Crippen LogP) is 2.48. The SMILES string of the molecule is CCC(CC)c1cc(C(=O)NC2CCCNC2)on1.Cl. The summed E-state index contributed by atoms with van der Waals surface area (Å²) in [6, 6.07) is 1.98. The van der Waals surface area contributed by atoms with Gasteiger partial charge in [-0.1, -0.05) is 19.0 Å². The summed E-state index contributed by atoms with van der Waals surface area (Å²) in [5.41, 5.74) is 0.886. The third-order valence-electron chi connectivity index (χ3n) is 3.79. The molecular formula is C14H24ClN3O2. The van der Waals surface area contributed by atoms with Crippen molar-refractivity contribution in [1.82, 2.24) is 15.8 Å². The van der Waals surface area contributed by atoms with Crippen LogP contribution in [0.15, 0.2) is 10.6 Å². The minimum absolute atomic E-state index is 0. The van der Waals surface area contributed by atoms with E-state index >= 15 is 0 Å². The standard InChI is InChI=1S/C14H23N3O2.ClH/c1-3-10(4-2)12-8-13(19-17-12)14(18)16-11-6-5-7-15-9-11;/h8,10-11,15H,3-7,9H2,1-2H3,(H,16,18);1H. The van der Waals surface area contributed by atoms with E-state index in [-0.39, 0.29) is 24.4 Å². The molecule has 2 N–H and O–H groups in total. The van der Waals surface area contributed by atoms with Crippen LogP contribution in [-0.4, -0.2) is 30.2 Å². The van der Waals surface area contributed by atoms with Gasteiger partial charge < -0.3 is 15.2 Å². The van der Waals surface area contributed by atoms with Crippen LogP contribution in [0.4, 0.5) is 0 Å². The molecule has 0 radical (unpaired) electrons. The molecule has 0 aliphatic carbocycles. The Bertz CT molecular complexity index is 412. The number of rotatable bonds is 5. The number of hydrogen-bond acceptors (Lipinski definition) is 4. The first-order valence-electron chi connectivity index (χ1n) is 7.22. The van der Waals surface area contributed by atoms with Crippen molar-refractivity contribution in [3.63, 3.8) is 0 Å². The molecule has 6 heteroatoms. The fourth-order valence-electron chi connectivity index (χ4n) is 2.53. The lowest BCUT2D eigenvalue weighted by atomic mass is 9.99. The highest BCUT2D eigenvalue weighted by molar-refractivity contribution is 5.91. The first-order valence-corrected chi connectivity index (χ1v) is 7.22. The molecule has 2 rings (SSSR count). The highest BCUT2D eigenvalue weighted by Gasteiger charge is 2.21. The van der Waals surface area contributed by atoms with Crippen molar-refractivity contribution < 1.29 is 9.32 Å². The van der Waals surface area contributed by atoms with Gasteiger partial charge in [-0.25, -0.2) is 0 Å². The molecule has 0 bridgehead atoms. The Morgan fingerprint density at radius 1 is 1.55 bits per heavy atom. The molecule has 1 fully saturated rings. The minimum atomic E-state index is -0.154. The van der Waals surface area contributed by atoms with Crippen molar-refractivity contribution in [3.05, 3.63) is 17.5 Å². The number of halogens is 1. The zero-order valence-electron chi connectivity index (χ0n) is 12.1. The molecule has 0 saturated carbocycles. The normalized spacial score (nSPS) is 18.6. The van der Waals surface area contributed by atoms with E-state index in [0.717, 1.165) is 44.5 Å². The van der Waals surface area contributed by atoms with Crippen LogP contribution in [0.1, 0.15) is 61.7 Å². The molecule has 1 atom stereocenters. The van der Waals surface area contributed by atoms with Crippen LogP contribution < -0.4 is 10.6 Å². The first-order chi connectivity index (χ1) is 9.24. The lowest BCUT2D eigenvalue weighted by molar-refractivity contribution is 0.0893.